The topological polar surface area (TPSA) is 95.5 Å². The van der Waals surface area contributed by atoms with E-state index in [1.165, 1.54) is 0 Å². The summed E-state index contributed by atoms with van der Waals surface area (Å²) in [6.45, 7) is 4.97. The molecule has 1 amide bonds. The summed E-state index contributed by atoms with van der Waals surface area (Å²) >= 11 is 0. The van der Waals surface area contributed by atoms with Crippen molar-refractivity contribution in [3.8, 4) is 22.9 Å². The van der Waals surface area contributed by atoms with E-state index in [9.17, 15) is 10.1 Å². The number of rotatable bonds is 5. The minimum absolute atomic E-state index is 0.179. The molecule has 5 heterocycles. The summed E-state index contributed by atoms with van der Waals surface area (Å²) in [6, 6.07) is 8.80. The highest BCUT2D eigenvalue weighted by Crippen LogP contribution is 2.37. The van der Waals surface area contributed by atoms with Crippen LogP contribution in [0.15, 0.2) is 36.8 Å². The van der Waals surface area contributed by atoms with Gasteiger partial charge in [-0.2, -0.15) is 10.4 Å². The standard InChI is InChI=1S/C24H26N6O2/c1-3-32-20-9-21(24-18(10-25)12-27-30(24)14-20)16-5-7-23(26-11-16)28-22-8-19-6-4-17(22)13-29(19)15(2)31/h5,7,9,11-12,14,17,19,22H,3-4,6,8,13H2,1-2H3,(H,26,28). The second-order valence-electron chi connectivity index (χ2n) is 8.57. The van der Waals surface area contributed by atoms with Gasteiger partial charge < -0.3 is 15.0 Å². The number of pyridine rings is 2. The van der Waals surface area contributed by atoms with E-state index in [0.717, 1.165) is 48.3 Å². The number of anilines is 1. The quantitative estimate of drug-likeness (QED) is 0.666. The first kappa shape index (κ1) is 20.3. The number of carbonyl (C=O) groups excluding carboxylic acids is 1. The van der Waals surface area contributed by atoms with Crippen LogP contribution in [0.3, 0.4) is 0 Å². The maximum Gasteiger partial charge on any atom is 0.219 e. The number of aromatic nitrogens is 3. The summed E-state index contributed by atoms with van der Waals surface area (Å²) in [4.78, 5) is 18.6. The van der Waals surface area contributed by atoms with E-state index in [0.29, 0.717) is 35.9 Å². The lowest BCUT2D eigenvalue weighted by Crippen LogP contribution is -2.57. The number of fused-ring (bicyclic) bond motifs is 4. The van der Waals surface area contributed by atoms with Gasteiger partial charge in [-0.05, 0) is 50.3 Å². The van der Waals surface area contributed by atoms with Crippen LogP contribution in [0.2, 0.25) is 0 Å². The van der Waals surface area contributed by atoms with E-state index in [1.807, 2.05) is 36.2 Å². The third-order valence-corrected chi connectivity index (χ3v) is 6.67. The number of nitrogens with one attached hydrogen (secondary N) is 1. The van der Waals surface area contributed by atoms with Crippen molar-refractivity contribution in [2.75, 3.05) is 18.5 Å². The highest BCUT2D eigenvalue weighted by molar-refractivity contribution is 5.85. The van der Waals surface area contributed by atoms with Crippen molar-refractivity contribution in [2.24, 2.45) is 5.92 Å². The Bertz CT molecular complexity index is 1200. The van der Waals surface area contributed by atoms with Crippen molar-refractivity contribution in [1.29, 1.82) is 5.26 Å². The van der Waals surface area contributed by atoms with Crippen molar-refractivity contribution in [1.82, 2.24) is 19.5 Å². The monoisotopic (exact) mass is 430 g/mol. The molecule has 3 atom stereocenters. The highest BCUT2D eigenvalue weighted by Gasteiger charge is 2.41. The van der Waals surface area contributed by atoms with Gasteiger partial charge >= 0.3 is 0 Å². The van der Waals surface area contributed by atoms with E-state index in [1.54, 1.807) is 23.8 Å². The average molecular weight is 431 g/mol. The molecule has 3 fully saturated rings. The first-order valence-corrected chi connectivity index (χ1v) is 11.1. The number of nitrogens with zero attached hydrogens (tertiary/aromatic N) is 5. The van der Waals surface area contributed by atoms with E-state index < -0.39 is 0 Å². The highest BCUT2D eigenvalue weighted by atomic mass is 16.5. The summed E-state index contributed by atoms with van der Waals surface area (Å²) in [7, 11) is 0. The number of nitriles is 1. The second kappa shape index (κ2) is 8.15. The first-order valence-electron chi connectivity index (χ1n) is 11.1. The molecule has 2 saturated heterocycles. The molecule has 1 saturated carbocycles. The summed E-state index contributed by atoms with van der Waals surface area (Å²) in [6.07, 6.45) is 8.38. The summed E-state index contributed by atoms with van der Waals surface area (Å²) < 4.78 is 7.38. The molecule has 3 aromatic rings. The smallest absolute Gasteiger partial charge is 0.219 e. The maximum atomic E-state index is 11.9. The minimum atomic E-state index is 0.179. The van der Waals surface area contributed by atoms with E-state index >= 15 is 0 Å². The lowest BCUT2D eigenvalue weighted by Gasteiger charge is -2.49. The summed E-state index contributed by atoms with van der Waals surface area (Å²) in [5, 5.41) is 17.4. The van der Waals surface area contributed by atoms with Gasteiger partial charge in [-0.15, -0.1) is 0 Å². The fourth-order valence-electron chi connectivity index (χ4n) is 5.15. The van der Waals surface area contributed by atoms with Crippen LogP contribution in [0.1, 0.15) is 38.7 Å². The van der Waals surface area contributed by atoms with Crippen LogP contribution in [0.4, 0.5) is 5.82 Å². The van der Waals surface area contributed by atoms with Gasteiger partial charge in [-0.25, -0.2) is 9.50 Å². The summed E-state index contributed by atoms with van der Waals surface area (Å²) in [5.41, 5.74) is 3.01. The molecule has 32 heavy (non-hydrogen) atoms. The first-order chi connectivity index (χ1) is 15.6. The molecule has 2 bridgehead atoms. The lowest BCUT2D eigenvalue weighted by molar-refractivity contribution is -0.136. The molecule has 8 nitrogen and oxygen atoms in total. The van der Waals surface area contributed by atoms with Crippen molar-refractivity contribution >= 4 is 17.2 Å². The molecule has 8 heteroatoms. The Balaban J connectivity index is 1.40. The second-order valence-corrected chi connectivity index (χ2v) is 8.57. The fourth-order valence-corrected chi connectivity index (χ4v) is 5.15. The Morgan fingerprint density at radius 1 is 1.34 bits per heavy atom. The minimum Gasteiger partial charge on any atom is -0.492 e. The van der Waals surface area contributed by atoms with Gasteiger partial charge in [0.1, 0.15) is 17.6 Å². The summed E-state index contributed by atoms with van der Waals surface area (Å²) in [5.74, 6) is 2.15. The van der Waals surface area contributed by atoms with Crippen LogP contribution in [0.25, 0.3) is 16.6 Å². The Hall–Kier alpha value is -3.60. The molecule has 164 valence electrons. The predicted molar refractivity (Wildman–Crippen MR) is 120 cm³/mol. The van der Waals surface area contributed by atoms with Gasteiger partial charge in [0.25, 0.3) is 0 Å². The maximum absolute atomic E-state index is 11.9. The number of piperidine rings is 2. The van der Waals surface area contributed by atoms with E-state index in [4.69, 9.17) is 4.74 Å². The number of hydrogen-bond acceptors (Lipinski definition) is 6. The van der Waals surface area contributed by atoms with E-state index in [2.05, 4.69) is 21.5 Å². The van der Waals surface area contributed by atoms with Gasteiger partial charge in [-0.1, -0.05) is 0 Å². The van der Waals surface area contributed by atoms with E-state index in [-0.39, 0.29) is 5.91 Å². The molecule has 0 aromatic carbocycles. The molecule has 0 spiro atoms. The zero-order valence-corrected chi connectivity index (χ0v) is 18.3. The van der Waals surface area contributed by atoms with Crippen molar-refractivity contribution in [2.45, 2.75) is 45.2 Å². The Morgan fingerprint density at radius 2 is 2.22 bits per heavy atom. The zero-order chi connectivity index (χ0) is 22.2. The average Bonchev–Trinajstić information content (AvgIpc) is 3.23. The van der Waals surface area contributed by atoms with Crippen LogP contribution < -0.4 is 10.1 Å². The third kappa shape index (κ3) is 3.54. The zero-order valence-electron chi connectivity index (χ0n) is 18.3. The Morgan fingerprint density at radius 3 is 2.88 bits per heavy atom. The van der Waals surface area contributed by atoms with Crippen LogP contribution in [0.5, 0.6) is 5.75 Å². The number of amides is 1. The van der Waals surface area contributed by atoms with Crippen molar-refractivity contribution in [3.63, 3.8) is 0 Å². The SMILES string of the molecule is CCOc1cc(-c2ccc(NC3CC4CCC3CN4C(C)=O)nc2)c2c(C#N)cnn2c1. The van der Waals surface area contributed by atoms with Crippen LogP contribution in [-0.2, 0) is 4.79 Å². The fraction of sp³-hybridized carbons (Fsp3) is 0.417. The molecular weight excluding hydrogens is 404 g/mol. The van der Waals surface area contributed by atoms with Crippen molar-refractivity contribution in [3.05, 3.63) is 42.4 Å². The number of hydrogen-bond donors (Lipinski definition) is 1. The predicted octanol–water partition coefficient (Wildman–Crippen LogP) is 3.48. The molecule has 1 aliphatic carbocycles. The van der Waals surface area contributed by atoms with Crippen LogP contribution in [0, 0.1) is 17.2 Å². The largest absolute Gasteiger partial charge is 0.492 e. The van der Waals surface area contributed by atoms with Gasteiger partial charge in [0, 0.05) is 42.9 Å². The molecule has 1 N–H and O–H groups in total. The van der Waals surface area contributed by atoms with Gasteiger partial charge in [0.15, 0.2) is 0 Å². The Labute approximate surface area is 186 Å². The van der Waals surface area contributed by atoms with Crippen molar-refractivity contribution < 1.29 is 9.53 Å². The molecule has 3 aromatic heterocycles. The molecule has 0 radical (unpaired) electrons. The number of carbonyl (C=O) groups is 1. The third-order valence-electron chi connectivity index (χ3n) is 6.67. The normalized spacial score (nSPS) is 22.0. The van der Waals surface area contributed by atoms with Gasteiger partial charge in [0.05, 0.1) is 30.1 Å². The molecule has 6 rings (SSSR count). The van der Waals surface area contributed by atoms with Crippen LogP contribution >= 0.6 is 0 Å². The molecule has 3 unspecified atom stereocenters. The molecule has 2 aliphatic heterocycles. The Kier molecular flexibility index (Phi) is 5.17. The molecule has 3 aliphatic rings. The molecular formula is C24H26N6O2. The lowest BCUT2D eigenvalue weighted by atomic mass is 9.76. The van der Waals surface area contributed by atoms with Gasteiger partial charge in [0.2, 0.25) is 5.91 Å². The van der Waals surface area contributed by atoms with Crippen LogP contribution in [-0.4, -0.2) is 50.6 Å². The van der Waals surface area contributed by atoms with Gasteiger partial charge in [-0.3, -0.25) is 4.79 Å². The number of ether oxygens (including phenoxy) is 1.